The van der Waals surface area contributed by atoms with Gasteiger partial charge in [0.2, 0.25) is 0 Å². The fraction of sp³-hybridized carbons (Fsp3) is 0.667. The van der Waals surface area contributed by atoms with Gasteiger partial charge in [-0.15, -0.1) is 0 Å². The van der Waals surface area contributed by atoms with E-state index in [9.17, 15) is 4.39 Å². The van der Waals surface area contributed by atoms with Crippen molar-refractivity contribution in [3.05, 3.63) is 35.1 Å². The number of hydrogen-bond donors (Lipinski definition) is 1. The van der Waals surface area contributed by atoms with Crippen LogP contribution in [0.15, 0.2) is 18.2 Å². The first kappa shape index (κ1) is 16.4. The summed E-state index contributed by atoms with van der Waals surface area (Å²) < 4.78 is 19.9. The zero-order valence-corrected chi connectivity index (χ0v) is 13.5. The van der Waals surface area contributed by atoms with E-state index in [1.807, 2.05) is 12.1 Å². The van der Waals surface area contributed by atoms with Gasteiger partial charge < -0.3 is 10.1 Å². The number of halogens is 1. The zero-order chi connectivity index (χ0) is 15.2. The Balaban J connectivity index is 1.93. The second-order valence-electron chi connectivity index (χ2n) is 6.57. The van der Waals surface area contributed by atoms with Gasteiger partial charge in [0.05, 0.1) is 12.7 Å². The van der Waals surface area contributed by atoms with E-state index in [1.165, 1.54) is 19.3 Å². The molecule has 2 nitrogen and oxygen atoms in total. The highest BCUT2D eigenvalue weighted by Gasteiger charge is 2.22. The van der Waals surface area contributed by atoms with Crippen LogP contribution in [0, 0.1) is 11.7 Å². The van der Waals surface area contributed by atoms with Gasteiger partial charge in [0.1, 0.15) is 5.82 Å². The van der Waals surface area contributed by atoms with Gasteiger partial charge in [-0.2, -0.15) is 0 Å². The summed E-state index contributed by atoms with van der Waals surface area (Å²) in [5.74, 6) is 0.430. The Morgan fingerprint density at radius 3 is 2.76 bits per heavy atom. The minimum absolute atomic E-state index is 0.160. The Labute approximate surface area is 128 Å². The van der Waals surface area contributed by atoms with Gasteiger partial charge in [-0.25, -0.2) is 4.39 Å². The van der Waals surface area contributed by atoms with Crippen molar-refractivity contribution >= 4 is 0 Å². The highest BCUT2D eigenvalue weighted by Crippen LogP contribution is 2.27. The van der Waals surface area contributed by atoms with E-state index in [2.05, 4.69) is 26.1 Å². The SMILES string of the molecule is CC(C)NCc1ccc(F)c(COC2CCCCC2C)c1. The van der Waals surface area contributed by atoms with Gasteiger partial charge in [-0.3, -0.25) is 0 Å². The molecule has 118 valence electrons. The Morgan fingerprint density at radius 1 is 1.29 bits per heavy atom. The molecule has 2 atom stereocenters. The van der Waals surface area contributed by atoms with Crippen LogP contribution in [-0.4, -0.2) is 12.1 Å². The zero-order valence-electron chi connectivity index (χ0n) is 13.5. The van der Waals surface area contributed by atoms with Crippen LogP contribution in [0.5, 0.6) is 0 Å². The molecule has 1 aromatic carbocycles. The molecule has 0 radical (unpaired) electrons. The van der Waals surface area contributed by atoms with Crippen molar-refractivity contribution in [3.63, 3.8) is 0 Å². The van der Waals surface area contributed by atoms with Gasteiger partial charge >= 0.3 is 0 Å². The third-order valence-electron chi connectivity index (χ3n) is 4.31. The van der Waals surface area contributed by atoms with Gasteiger partial charge in [0, 0.05) is 18.2 Å². The summed E-state index contributed by atoms with van der Waals surface area (Å²) in [6.07, 6.45) is 5.15. The topological polar surface area (TPSA) is 21.3 Å². The highest BCUT2D eigenvalue weighted by molar-refractivity contribution is 5.24. The van der Waals surface area contributed by atoms with Crippen molar-refractivity contribution in [3.8, 4) is 0 Å². The molecule has 0 saturated heterocycles. The minimum Gasteiger partial charge on any atom is -0.373 e. The van der Waals surface area contributed by atoms with E-state index in [0.717, 1.165) is 18.5 Å². The number of benzene rings is 1. The first-order valence-corrected chi connectivity index (χ1v) is 8.18. The van der Waals surface area contributed by atoms with Crippen molar-refractivity contribution in [2.24, 2.45) is 5.92 Å². The van der Waals surface area contributed by atoms with Crippen molar-refractivity contribution in [1.29, 1.82) is 0 Å². The van der Waals surface area contributed by atoms with Gasteiger partial charge in [-0.05, 0) is 36.5 Å². The molecular formula is C18H28FNO. The van der Waals surface area contributed by atoms with E-state index < -0.39 is 0 Å². The lowest BCUT2D eigenvalue weighted by Crippen LogP contribution is -2.25. The maximum Gasteiger partial charge on any atom is 0.128 e. The first-order valence-electron chi connectivity index (χ1n) is 8.18. The Hall–Kier alpha value is -0.930. The average Bonchev–Trinajstić information content (AvgIpc) is 2.46. The molecular weight excluding hydrogens is 265 g/mol. The average molecular weight is 293 g/mol. The molecule has 0 amide bonds. The predicted molar refractivity (Wildman–Crippen MR) is 84.6 cm³/mol. The normalized spacial score (nSPS) is 22.7. The molecule has 2 rings (SSSR count). The number of nitrogens with one attached hydrogen (secondary N) is 1. The molecule has 1 aliphatic rings. The predicted octanol–water partition coefficient (Wildman–Crippen LogP) is 4.42. The first-order chi connectivity index (χ1) is 10.1. The molecule has 1 aliphatic carbocycles. The lowest BCUT2D eigenvalue weighted by molar-refractivity contribution is -0.0165. The fourth-order valence-corrected chi connectivity index (χ4v) is 2.90. The van der Waals surface area contributed by atoms with Crippen LogP contribution < -0.4 is 5.32 Å². The largest absolute Gasteiger partial charge is 0.373 e. The smallest absolute Gasteiger partial charge is 0.128 e. The summed E-state index contributed by atoms with van der Waals surface area (Å²) in [4.78, 5) is 0. The van der Waals surface area contributed by atoms with Crippen LogP contribution in [-0.2, 0) is 17.9 Å². The molecule has 0 aliphatic heterocycles. The molecule has 1 aromatic rings. The van der Waals surface area contributed by atoms with Crippen LogP contribution in [0.4, 0.5) is 4.39 Å². The third kappa shape index (κ3) is 5.08. The van der Waals surface area contributed by atoms with Crippen LogP contribution in [0.3, 0.4) is 0 Å². The number of hydrogen-bond acceptors (Lipinski definition) is 2. The van der Waals surface area contributed by atoms with E-state index >= 15 is 0 Å². The van der Waals surface area contributed by atoms with E-state index in [1.54, 1.807) is 6.07 Å². The van der Waals surface area contributed by atoms with E-state index in [-0.39, 0.29) is 11.9 Å². The van der Waals surface area contributed by atoms with Crippen LogP contribution in [0.1, 0.15) is 57.6 Å². The molecule has 0 heterocycles. The Bertz CT molecular complexity index is 447. The summed E-state index contributed by atoms with van der Waals surface area (Å²) in [5.41, 5.74) is 1.79. The highest BCUT2D eigenvalue weighted by atomic mass is 19.1. The second kappa shape index (κ2) is 7.90. The Morgan fingerprint density at radius 2 is 2.05 bits per heavy atom. The molecule has 0 aromatic heterocycles. The van der Waals surface area contributed by atoms with E-state index in [0.29, 0.717) is 24.1 Å². The summed E-state index contributed by atoms with van der Waals surface area (Å²) in [6.45, 7) is 7.61. The molecule has 1 saturated carbocycles. The van der Waals surface area contributed by atoms with Crippen LogP contribution in [0.2, 0.25) is 0 Å². The molecule has 21 heavy (non-hydrogen) atoms. The second-order valence-corrected chi connectivity index (χ2v) is 6.57. The molecule has 0 spiro atoms. The summed E-state index contributed by atoms with van der Waals surface area (Å²) >= 11 is 0. The van der Waals surface area contributed by atoms with E-state index in [4.69, 9.17) is 4.74 Å². The molecule has 1 N–H and O–H groups in total. The third-order valence-corrected chi connectivity index (χ3v) is 4.31. The standard InChI is InChI=1S/C18H28FNO/c1-13(2)20-11-15-8-9-17(19)16(10-15)12-21-18-7-5-4-6-14(18)3/h8-10,13-14,18,20H,4-7,11-12H2,1-3H3. The number of ether oxygens (including phenoxy) is 1. The lowest BCUT2D eigenvalue weighted by Gasteiger charge is -2.28. The maximum absolute atomic E-state index is 13.9. The molecule has 3 heteroatoms. The lowest BCUT2D eigenvalue weighted by atomic mass is 9.88. The molecule has 1 fully saturated rings. The minimum atomic E-state index is -0.160. The maximum atomic E-state index is 13.9. The van der Waals surface area contributed by atoms with Gasteiger partial charge in [-0.1, -0.05) is 39.7 Å². The van der Waals surface area contributed by atoms with Gasteiger partial charge in [0.15, 0.2) is 0 Å². The van der Waals surface area contributed by atoms with Crippen molar-refractivity contribution in [2.75, 3.05) is 0 Å². The van der Waals surface area contributed by atoms with Crippen LogP contribution >= 0.6 is 0 Å². The fourth-order valence-electron chi connectivity index (χ4n) is 2.90. The number of rotatable bonds is 6. The quantitative estimate of drug-likeness (QED) is 0.838. The van der Waals surface area contributed by atoms with Gasteiger partial charge in [0.25, 0.3) is 0 Å². The van der Waals surface area contributed by atoms with Crippen molar-refractivity contribution in [1.82, 2.24) is 5.32 Å². The molecule has 0 bridgehead atoms. The Kier molecular flexibility index (Phi) is 6.19. The summed E-state index contributed by atoms with van der Waals surface area (Å²) in [7, 11) is 0. The van der Waals surface area contributed by atoms with Crippen LogP contribution in [0.25, 0.3) is 0 Å². The van der Waals surface area contributed by atoms with Crippen molar-refractivity contribution in [2.45, 2.75) is 71.8 Å². The monoisotopic (exact) mass is 293 g/mol. The summed E-state index contributed by atoms with van der Waals surface area (Å²) in [5, 5.41) is 3.36. The molecule has 2 unspecified atom stereocenters. The summed E-state index contributed by atoms with van der Waals surface area (Å²) in [6, 6.07) is 5.76. The van der Waals surface area contributed by atoms with Crippen molar-refractivity contribution < 1.29 is 9.13 Å².